The van der Waals surface area contributed by atoms with E-state index in [0.29, 0.717) is 11.5 Å². The maximum absolute atomic E-state index is 12.2. The molecule has 6 heteroatoms. The summed E-state index contributed by atoms with van der Waals surface area (Å²) in [5.41, 5.74) is 2.33. The standard InChI is InChI=1S/C16H18N2O3S/c1-12-7-9-16(10-8-12)22(19,20)18-17-13(2)14-5-4-6-15(11-14)21-3/h4-11,18H,1-3H3. The first-order valence-corrected chi connectivity index (χ1v) is 8.18. The second kappa shape index (κ2) is 6.62. The second-order valence-electron chi connectivity index (χ2n) is 4.84. The van der Waals surface area contributed by atoms with Gasteiger partial charge in [-0.1, -0.05) is 29.8 Å². The van der Waals surface area contributed by atoms with Crippen LogP contribution in [0.4, 0.5) is 0 Å². The van der Waals surface area contributed by atoms with Crippen LogP contribution in [0.5, 0.6) is 5.75 Å². The Morgan fingerprint density at radius 2 is 1.82 bits per heavy atom. The summed E-state index contributed by atoms with van der Waals surface area (Å²) >= 11 is 0. The fourth-order valence-electron chi connectivity index (χ4n) is 1.81. The number of benzene rings is 2. The predicted octanol–water partition coefficient (Wildman–Crippen LogP) is 2.71. The monoisotopic (exact) mass is 318 g/mol. The number of ether oxygens (including phenoxy) is 1. The van der Waals surface area contributed by atoms with Crippen LogP contribution in [0.3, 0.4) is 0 Å². The third-order valence-electron chi connectivity index (χ3n) is 3.15. The van der Waals surface area contributed by atoms with Crippen molar-refractivity contribution in [2.45, 2.75) is 18.7 Å². The normalized spacial score (nSPS) is 12.0. The van der Waals surface area contributed by atoms with Gasteiger partial charge in [0.05, 0.1) is 17.7 Å². The lowest BCUT2D eigenvalue weighted by Gasteiger charge is -2.07. The van der Waals surface area contributed by atoms with E-state index in [2.05, 4.69) is 9.93 Å². The van der Waals surface area contributed by atoms with Crippen LogP contribution in [0.2, 0.25) is 0 Å². The van der Waals surface area contributed by atoms with Crippen LogP contribution in [0, 0.1) is 6.92 Å². The minimum atomic E-state index is -3.66. The molecule has 2 aromatic carbocycles. The lowest BCUT2D eigenvalue weighted by molar-refractivity contribution is 0.414. The largest absolute Gasteiger partial charge is 0.497 e. The average molecular weight is 318 g/mol. The Morgan fingerprint density at radius 3 is 2.45 bits per heavy atom. The fraction of sp³-hybridized carbons (Fsp3) is 0.188. The first-order chi connectivity index (χ1) is 10.4. The Morgan fingerprint density at radius 1 is 1.14 bits per heavy atom. The maximum atomic E-state index is 12.2. The van der Waals surface area contributed by atoms with Crippen molar-refractivity contribution in [3.05, 3.63) is 59.7 Å². The van der Waals surface area contributed by atoms with E-state index < -0.39 is 10.0 Å². The Hall–Kier alpha value is -2.34. The summed E-state index contributed by atoms with van der Waals surface area (Å²) in [5, 5.41) is 3.96. The molecule has 0 heterocycles. The van der Waals surface area contributed by atoms with Crippen LogP contribution in [-0.2, 0) is 10.0 Å². The van der Waals surface area contributed by atoms with Crippen LogP contribution in [0.15, 0.2) is 58.5 Å². The third-order valence-corrected chi connectivity index (χ3v) is 4.38. The zero-order valence-electron chi connectivity index (χ0n) is 12.7. The van der Waals surface area contributed by atoms with Gasteiger partial charge >= 0.3 is 0 Å². The van der Waals surface area contributed by atoms with E-state index >= 15 is 0 Å². The number of sulfonamides is 1. The average Bonchev–Trinajstić information content (AvgIpc) is 2.53. The molecule has 5 nitrogen and oxygen atoms in total. The summed E-state index contributed by atoms with van der Waals surface area (Å²) in [5.74, 6) is 0.688. The van der Waals surface area contributed by atoms with Gasteiger partial charge in [-0.15, -0.1) is 0 Å². The summed E-state index contributed by atoms with van der Waals surface area (Å²) in [6.45, 7) is 3.63. The van der Waals surface area contributed by atoms with Crippen LogP contribution >= 0.6 is 0 Å². The minimum absolute atomic E-state index is 0.181. The lowest BCUT2D eigenvalue weighted by Crippen LogP contribution is -2.20. The van der Waals surface area contributed by atoms with Gasteiger partial charge < -0.3 is 4.74 Å². The second-order valence-corrected chi connectivity index (χ2v) is 6.50. The summed E-state index contributed by atoms with van der Waals surface area (Å²) in [6.07, 6.45) is 0. The van der Waals surface area contributed by atoms with Gasteiger partial charge in [0.25, 0.3) is 10.0 Å². The number of nitrogens with one attached hydrogen (secondary N) is 1. The van der Waals surface area contributed by atoms with Crippen molar-refractivity contribution in [2.75, 3.05) is 7.11 Å². The lowest BCUT2D eigenvalue weighted by atomic mass is 10.1. The number of hydrazone groups is 1. The molecule has 0 radical (unpaired) electrons. The van der Waals surface area contributed by atoms with Crippen molar-refractivity contribution in [1.29, 1.82) is 0 Å². The molecule has 2 rings (SSSR count). The van der Waals surface area contributed by atoms with E-state index in [1.807, 2.05) is 25.1 Å². The van der Waals surface area contributed by atoms with E-state index in [9.17, 15) is 8.42 Å². The summed E-state index contributed by atoms with van der Waals surface area (Å²) < 4.78 is 29.5. The van der Waals surface area contributed by atoms with Crippen molar-refractivity contribution < 1.29 is 13.2 Å². The zero-order valence-corrected chi connectivity index (χ0v) is 13.5. The number of hydrogen-bond acceptors (Lipinski definition) is 4. The Kier molecular flexibility index (Phi) is 4.82. The van der Waals surface area contributed by atoms with Gasteiger partial charge in [-0.2, -0.15) is 18.4 Å². The number of aryl methyl sites for hydroxylation is 1. The van der Waals surface area contributed by atoms with Crippen LogP contribution in [0.1, 0.15) is 18.1 Å². The van der Waals surface area contributed by atoms with Gasteiger partial charge in [-0.3, -0.25) is 0 Å². The molecule has 1 N–H and O–H groups in total. The van der Waals surface area contributed by atoms with Gasteiger partial charge in [0, 0.05) is 5.56 Å². The summed E-state index contributed by atoms with van der Waals surface area (Å²) in [4.78, 5) is 2.43. The van der Waals surface area contributed by atoms with Crippen molar-refractivity contribution in [2.24, 2.45) is 5.10 Å². The van der Waals surface area contributed by atoms with Crippen LogP contribution in [0.25, 0.3) is 0 Å². The first kappa shape index (κ1) is 16.0. The van der Waals surface area contributed by atoms with E-state index in [4.69, 9.17) is 4.74 Å². The highest BCUT2D eigenvalue weighted by molar-refractivity contribution is 7.89. The fourth-order valence-corrected chi connectivity index (χ4v) is 2.67. The van der Waals surface area contributed by atoms with Crippen molar-refractivity contribution in [3.63, 3.8) is 0 Å². The maximum Gasteiger partial charge on any atom is 0.276 e. The summed E-state index contributed by atoms with van der Waals surface area (Å²) in [6, 6.07) is 13.8. The Bertz CT molecular complexity index is 781. The molecule has 0 saturated heterocycles. The van der Waals surface area contributed by atoms with Gasteiger partial charge in [0.2, 0.25) is 0 Å². The van der Waals surface area contributed by atoms with Gasteiger partial charge in [0.1, 0.15) is 5.75 Å². The highest BCUT2D eigenvalue weighted by Crippen LogP contribution is 2.14. The molecule has 0 fully saturated rings. The molecule has 0 spiro atoms. The molecule has 22 heavy (non-hydrogen) atoms. The molecule has 0 aliphatic rings. The number of rotatable bonds is 5. The Labute approximate surface area is 130 Å². The molecule has 0 saturated carbocycles. The molecular formula is C16H18N2O3S. The molecule has 0 unspecified atom stereocenters. The van der Waals surface area contributed by atoms with Crippen LogP contribution < -0.4 is 9.57 Å². The minimum Gasteiger partial charge on any atom is -0.497 e. The molecular weight excluding hydrogens is 300 g/mol. The van der Waals surface area contributed by atoms with E-state index in [0.717, 1.165) is 11.1 Å². The Balaban J connectivity index is 2.20. The van der Waals surface area contributed by atoms with E-state index in [1.54, 1.807) is 44.4 Å². The quantitative estimate of drug-likeness (QED) is 0.681. The van der Waals surface area contributed by atoms with Crippen molar-refractivity contribution in [3.8, 4) is 5.75 Å². The van der Waals surface area contributed by atoms with Gasteiger partial charge in [0.15, 0.2) is 0 Å². The van der Waals surface area contributed by atoms with E-state index in [1.165, 1.54) is 0 Å². The van der Waals surface area contributed by atoms with Gasteiger partial charge in [-0.05, 0) is 38.1 Å². The van der Waals surface area contributed by atoms with Gasteiger partial charge in [-0.25, -0.2) is 0 Å². The number of nitrogens with zero attached hydrogens (tertiary/aromatic N) is 1. The zero-order chi connectivity index (χ0) is 16.2. The van der Waals surface area contributed by atoms with Crippen molar-refractivity contribution in [1.82, 2.24) is 4.83 Å². The van der Waals surface area contributed by atoms with Crippen LogP contribution in [-0.4, -0.2) is 21.2 Å². The predicted molar refractivity (Wildman–Crippen MR) is 86.7 cm³/mol. The molecule has 116 valence electrons. The molecule has 0 aliphatic carbocycles. The topological polar surface area (TPSA) is 67.8 Å². The SMILES string of the molecule is COc1cccc(C(C)=NNS(=O)(=O)c2ccc(C)cc2)c1. The molecule has 0 amide bonds. The highest BCUT2D eigenvalue weighted by Gasteiger charge is 2.12. The highest BCUT2D eigenvalue weighted by atomic mass is 32.2. The van der Waals surface area contributed by atoms with E-state index in [-0.39, 0.29) is 4.90 Å². The molecule has 0 bridgehead atoms. The third kappa shape index (κ3) is 3.85. The molecule has 0 atom stereocenters. The number of methoxy groups -OCH3 is 1. The smallest absolute Gasteiger partial charge is 0.276 e. The molecule has 0 aliphatic heterocycles. The number of hydrogen-bond donors (Lipinski definition) is 1. The summed E-state index contributed by atoms with van der Waals surface area (Å²) in [7, 11) is -2.09. The molecule has 2 aromatic rings. The first-order valence-electron chi connectivity index (χ1n) is 6.69. The molecule has 0 aromatic heterocycles. The van der Waals surface area contributed by atoms with Crippen molar-refractivity contribution >= 4 is 15.7 Å².